The van der Waals surface area contributed by atoms with Crippen LogP contribution in [0, 0.1) is 13.8 Å². The largest absolute Gasteiger partial charge is 0.457 e. The number of nitrogens with one attached hydrogen (secondary N) is 1. The van der Waals surface area contributed by atoms with E-state index in [1.54, 1.807) is 36.4 Å². The molecular weight excluding hydrogens is 659 g/mol. The highest BCUT2D eigenvalue weighted by Crippen LogP contribution is 2.29. The highest BCUT2D eigenvalue weighted by Gasteiger charge is 2.35. The zero-order valence-electron chi connectivity index (χ0n) is 29.5. The molecule has 2 atom stereocenters. The van der Waals surface area contributed by atoms with Gasteiger partial charge in [-0.2, -0.15) is 0 Å². The maximum absolute atomic E-state index is 14.8. The summed E-state index contributed by atoms with van der Waals surface area (Å²) in [7, 11) is -4.23. The SMILES string of the molecule is CCC(C)NC(=O)C(Cc1ccccc1)N(Cc1cccc(C)c1)C(=O)CN(c1ccc(Oc2ccccc2)cc1)S(=O)(=O)c1ccc(C)cc1. The fourth-order valence-corrected chi connectivity index (χ4v) is 7.09. The first-order valence-electron chi connectivity index (χ1n) is 17.1. The summed E-state index contributed by atoms with van der Waals surface area (Å²) in [6.45, 7) is 7.32. The maximum Gasteiger partial charge on any atom is 0.264 e. The summed E-state index contributed by atoms with van der Waals surface area (Å²) in [5, 5.41) is 3.08. The number of aryl methyl sites for hydroxylation is 2. The first-order chi connectivity index (χ1) is 24.5. The van der Waals surface area contributed by atoms with Crippen LogP contribution in [-0.4, -0.2) is 43.8 Å². The Morgan fingerprint density at radius 2 is 1.33 bits per heavy atom. The number of carbonyl (C=O) groups excluding carboxylic acids is 2. The van der Waals surface area contributed by atoms with E-state index in [-0.39, 0.29) is 35.5 Å². The van der Waals surface area contributed by atoms with Crippen LogP contribution in [-0.2, 0) is 32.6 Å². The average molecular weight is 704 g/mol. The number of benzene rings is 5. The van der Waals surface area contributed by atoms with Gasteiger partial charge in [0.2, 0.25) is 11.8 Å². The monoisotopic (exact) mass is 703 g/mol. The summed E-state index contributed by atoms with van der Waals surface area (Å²) >= 11 is 0. The van der Waals surface area contributed by atoms with Gasteiger partial charge < -0.3 is 15.0 Å². The van der Waals surface area contributed by atoms with E-state index in [0.717, 1.165) is 26.6 Å². The molecule has 0 radical (unpaired) electrons. The molecule has 5 aromatic carbocycles. The van der Waals surface area contributed by atoms with Crippen molar-refractivity contribution in [3.05, 3.63) is 156 Å². The summed E-state index contributed by atoms with van der Waals surface area (Å²) in [4.78, 5) is 30.4. The van der Waals surface area contributed by atoms with Crippen molar-refractivity contribution < 1.29 is 22.7 Å². The van der Waals surface area contributed by atoms with E-state index in [0.29, 0.717) is 17.9 Å². The Hall–Kier alpha value is -5.41. The first kappa shape index (κ1) is 36.9. The first-order valence-corrected chi connectivity index (χ1v) is 18.6. The number of amides is 2. The quantitative estimate of drug-likeness (QED) is 0.120. The van der Waals surface area contributed by atoms with Gasteiger partial charge in [0.25, 0.3) is 10.0 Å². The molecule has 0 bridgehead atoms. The average Bonchev–Trinajstić information content (AvgIpc) is 3.13. The van der Waals surface area contributed by atoms with Gasteiger partial charge in [-0.1, -0.05) is 103 Å². The molecule has 0 aromatic heterocycles. The molecule has 0 aliphatic rings. The molecule has 9 heteroatoms. The number of hydrogen-bond acceptors (Lipinski definition) is 5. The highest BCUT2D eigenvalue weighted by molar-refractivity contribution is 7.92. The number of sulfonamides is 1. The molecule has 5 aromatic rings. The Morgan fingerprint density at radius 1 is 0.725 bits per heavy atom. The van der Waals surface area contributed by atoms with Crippen molar-refractivity contribution >= 4 is 27.5 Å². The lowest BCUT2D eigenvalue weighted by Crippen LogP contribution is -2.54. The van der Waals surface area contributed by atoms with Crippen LogP contribution in [0.2, 0.25) is 0 Å². The summed E-state index contributed by atoms with van der Waals surface area (Å²) < 4.78 is 35.9. The van der Waals surface area contributed by atoms with Gasteiger partial charge in [0.1, 0.15) is 24.1 Å². The van der Waals surface area contributed by atoms with Gasteiger partial charge in [-0.3, -0.25) is 13.9 Å². The maximum atomic E-state index is 14.8. The molecule has 1 N–H and O–H groups in total. The van der Waals surface area contributed by atoms with Gasteiger partial charge in [0.05, 0.1) is 10.6 Å². The smallest absolute Gasteiger partial charge is 0.264 e. The second-order valence-corrected chi connectivity index (χ2v) is 14.6. The lowest BCUT2D eigenvalue weighted by molar-refractivity contribution is -0.140. The van der Waals surface area contributed by atoms with Crippen molar-refractivity contribution in [3.8, 4) is 11.5 Å². The van der Waals surface area contributed by atoms with Crippen LogP contribution >= 0.6 is 0 Å². The Balaban J connectivity index is 1.56. The van der Waals surface area contributed by atoms with E-state index in [9.17, 15) is 18.0 Å². The molecule has 5 rings (SSSR count). The van der Waals surface area contributed by atoms with Crippen LogP contribution in [0.25, 0.3) is 0 Å². The van der Waals surface area contributed by atoms with E-state index in [1.165, 1.54) is 17.0 Å². The summed E-state index contributed by atoms with van der Waals surface area (Å²) in [6.07, 6.45) is 0.957. The number of ether oxygens (including phenoxy) is 1. The van der Waals surface area contributed by atoms with E-state index in [4.69, 9.17) is 4.74 Å². The van der Waals surface area contributed by atoms with Gasteiger partial charge in [-0.15, -0.1) is 0 Å². The Morgan fingerprint density at radius 3 is 1.96 bits per heavy atom. The molecule has 0 aliphatic heterocycles. The third-order valence-electron chi connectivity index (χ3n) is 8.70. The van der Waals surface area contributed by atoms with E-state index in [2.05, 4.69) is 5.32 Å². The van der Waals surface area contributed by atoms with Crippen LogP contribution in [0.5, 0.6) is 11.5 Å². The van der Waals surface area contributed by atoms with Crippen LogP contribution in [0.1, 0.15) is 42.5 Å². The number of nitrogens with zero attached hydrogens (tertiary/aromatic N) is 2. The molecule has 2 amide bonds. The molecule has 0 heterocycles. The minimum absolute atomic E-state index is 0.0473. The molecule has 264 valence electrons. The third kappa shape index (κ3) is 9.86. The molecule has 0 saturated carbocycles. The Kier molecular flexibility index (Phi) is 12.3. The molecule has 51 heavy (non-hydrogen) atoms. The van der Waals surface area contributed by atoms with Crippen LogP contribution < -0.4 is 14.4 Å². The number of carbonyl (C=O) groups is 2. The van der Waals surface area contributed by atoms with Crippen molar-refractivity contribution in [1.82, 2.24) is 10.2 Å². The Bertz CT molecular complexity index is 2000. The van der Waals surface area contributed by atoms with Crippen LogP contribution in [0.15, 0.2) is 138 Å². The van der Waals surface area contributed by atoms with Crippen molar-refractivity contribution in [3.63, 3.8) is 0 Å². The van der Waals surface area contributed by atoms with Crippen molar-refractivity contribution in [2.24, 2.45) is 0 Å². The summed E-state index contributed by atoms with van der Waals surface area (Å²) in [6, 6.07) is 38.6. The van der Waals surface area contributed by atoms with E-state index >= 15 is 0 Å². The molecular formula is C42H45N3O5S. The number of anilines is 1. The predicted molar refractivity (Wildman–Crippen MR) is 202 cm³/mol. The second-order valence-electron chi connectivity index (χ2n) is 12.8. The topological polar surface area (TPSA) is 96.0 Å². The fraction of sp³-hybridized carbons (Fsp3) is 0.238. The minimum atomic E-state index is -4.23. The normalized spacial score (nSPS) is 12.4. The van der Waals surface area contributed by atoms with E-state index in [1.807, 2.05) is 113 Å². The lowest BCUT2D eigenvalue weighted by atomic mass is 10.0. The second kappa shape index (κ2) is 17.0. The van der Waals surface area contributed by atoms with Gasteiger partial charge in [-0.25, -0.2) is 8.42 Å². The molecule has 0 aliphatic carbocycles. The van der Waals surface area contributed by atoms with E-state index < -0.39 is 28.5 Å². The predicted octanol–water partition coefficient (Wildman–Crippen LogP) is 7.85. The van der Waals surface area contributed by atoms with Gasteiger partial charge in [0, 0.05) is 19.0 Å². The van der Waals surface area contributed by atoms with Gasteiger partial charge in [0.15, 0.2) is 0 Å². The zero-order valence-corrected chi connectivity index (χ0v) is 30.3. The minimum Gasteiger partial charge on any atom is -0.457 e. The Labute approximate surface area is 301 Å². The zero-order chi connectivity index (χ0) is 36.4. The molecule has 2 unspecified atom stereocenters. The van der Waals surface area contributed by atoms with Gasteiger partial charge in [-0.05, 0) is 86.8 Å². The standard InChI is InChI=1S/C42H45N3O5S/c1-5-33(4)43-42(47)40(28-34-14-8-6-9-15-34)44(29-35-16-12-13-32(3)27-35)41(46)30-45(51(48,49)39-25-19-31(2)20-26-39)36-21-23-38(24-22-36)50-37-17-10-7-11-18-37/h6-27,33,40H,5,28-30H2,1-4H3,(H,43,47). The number of rotatable bonds is 15. The molecule has 0 spiro atoms. The van der Waals surface area contributed by atoms with Crippen molar-refractivity contribution in [1.29, 1.82) is 0 Å². The highest BCUT2D eigenvalue weighted by atomic mass is 32.2. The van der Waals surface area contributed by atoms with Crippen molar-refractivity contribution in [2.75, 3.05) is 10.8 Å². The summed E-state index contributed by atoms with van der Waals surface area (Å²) in [5.41, 5.74) is 3.89. The molecule has 8 nitrogen and oxygen atoms in total. The van der Waals surface area contributed by atoms with Gasteiger partial charge >= 0.3 is 0 Å². The lowest BCUT2D eigenvalue weighted by Gasteiger charge is -2.34. The summed E-state index contributed by atoms with van der Waals surface area (Å²) in [5.74, 6) is 0.327. The third-order valence-corrected chi connectivity index (χ3v) is 10.5. The number of para-hydroxylation sites is 1. The van der Waals surface area contributed by atoms with Crippen LogP contribution in [0.4, 0.5) is 5.69 Å². The number of hydrogen-bond donors (Lipinski definition) is 1. The molecule has 0 fully saturated rings. The molecule has 0 saturated heterocycles. The van der Waals surface area contributed by atoms with Crippen molar-refractivity contribution in [2.45, 2.75) is 64.1 Å². The van der Waals surface area contributed by atoms with Crippen LogP contribution in [0.3, 0.4) is 0 Å². The fourth-order valence-electron chi connectivity index (χ4n) is 5.67.